The van der Waals surface area contributed by atoms with Crippen molar-refractivity contribution in [3.05, 3.63) is 49.6 Å². The molecule has 0 amide bonds. The summed E-state index contributed by atoms with van der Waals surface area (Å²) in [6.07, 6.45) is -2.58. The topological polar surface area (TPSA) is 12.0 Å². The number of aryl methyl sites for hydroxylation is 1. The van der Waals surface area contributed by atoms with Crippen LogP contribution in [-0.2, 0) is 12.6 Å². The standard InChI is InChI=1S/C14H10Cl2F3NS/c15-9-5-7(14(17,18)19)1-2-11(9)20-10-3-4-12-8(10)6-13(16)21-12/h1-2,5-6,10,20H,3-4H2. The highest BCUT2D eigenvalue weighted by molar-refractivity contribution is 7.16. The van der Waals surface area contributed by atoms with Crippen molar-refractivity contribution in [2.45, 2.75) is 25.1 Å². The van der Waals surface area contributed by atoms with Gasteiger partial charge in [-0.05, 0) is 42.7 Å². The molecule has 0 saturated heterocycles. The summed E-state index contributed by atoms with van der Waals surface area (Å²) in [4.78, 5) is 1.22. The van der Waals surface area contributed by atoms with Gasteiger partial charge in [0.2, 0.25) is 0 Å². The van der Waals surface area contributed by atoms with E-state index >= 15 is 0 Å². The Balaban J connectivity index is 1.83. The minimum Gasteiger partial charge on any atom is -0.377 e. The lowest BCUT2D eigenvalue weighted by atomic mass is 10.1. The molecule has 0 radical (unpaired) electrons. The molecule has 0 saturated carbocycles. The van der Waals surface area contributed by atoms with E-state index in [9.17, 15) is 13.2 Å². The highest BCUT2D eigenvalue weighted by Crippen LogP contribution is 2.42. The van der Waals surface area contributed by atoms with E-state index in [0.717, 1.165) is 34.9 Å². The third-order valence-electron chi connectivity index (χ3n) is 3.47. The Morgan fingerprint density at radius 2 is 1.95 bits per heavy atom. The van der Waals surface area contributed by atoms with Gasteiger partial charge in [-0.3, -0.25) is 0 Å². The maximum absolute atomic E-state index is 12.6. The first-order valence-electron chi connectivity index (χ1n) is 6.26. The van der Waals surface area contributed by atoms with E-state index in [1.807, 2.05) is 6.07 Å². The van der Waals surface area contributed by atoms with Crippen LogP contribution in [-0.4, -0.2) is 0 Å². The fourth-order valence-electron chi connectivity index (χ4n) is 2.48. The van der Waals surface area contributed by atoms with Crippen molar-refractivity contribution >= 4 is 40.2 Å². The van der Waals surface area contributed by atoms with E-state index in [2.05, 4.69) is 5.32 Å². The Labute approximate surface area is 133 Å². The predicted molar refractivity (Wildman–Crippen MR) is 80.5 cm³/mol. The first-order valence-corrected chi connectivity index (χ1v) is 7.83. The molecule has 1 heterocycles. The minimum absolute atomic E-state index is 0.0398. The van der Waals surface area contributed by atoms with Crippen LogP contribution in [0.25, 0.3) is 0 Å². The molecule has 1 aromatic carbocycles. The van der Waals surface area contributed by atoms with Gasteiger partial charge in [0.25, 0.3) is 0 Å². The average Bonchev–Trinajstić information content (AvgIpc) is 2.91. The summed E-state index contributed by atoms with van der Waals surface area (Å²) < 4.78 is 38.6. The number of rotatable bonds is 2. The van der Waals surface area contributed by atoms with Gasteiger partial charge in [0.15, 0.2) is 0 Å². The SMILES string of the molecule is FC(F)(F)c1ccc(NC2CCc3sc(Cl)cc32)c(Cl)c1. The third-order valence-corrected chi connectivity index (χ3v) is 5.13. The van der Waals surface area contributed by atoms with Crippen molar-refractivity contribution in [3.63, 3.8) is 0 Å². The second-order valence-electron chi connectivity index (χ2n) is 4.86. The Morgan fingerprint density at radius 1 is 1.19 bits per heavy atom. The van der Waals surface area contributed by atoms with Gasteiger partial charge in [0.05, 0.1) is 26.7 Å². The van der Waals surface area contributed by atoms with E-state index in [0.29, 0.717) is 5.69 Å². The Hall–Kier alpha value is -0.910. The molecular weight excluding hydrogens is 342 g/mol. The van der Waals surface area contributed by atoms with Crippen LogP contribution in [0.2, 0.25) is 9.36 Å². The van der Waals surface area contributed by atoms with E-state index in [1.165, 1.54) is 10.9 Å². The number of fused-ring (bicyclic) bond motifs is 1. The molecule has 1 aliphatic carbocycles. The smallest absolute Gasteiger partial charge is 0.377 e. The largest absolute Gasteiger partial charge is 0.416 e. The van der Waals surface area contributed by atoms with Gasteiger partial charge >= 0.3 is 6.18 Å². The number of benzene rings is 1. The van der Waals surface area contributed by atoms with Crippen molar-refractivity contribution < 1.29 is 13.2 Å². The molecule has 1 atom stereocenters. The van der Waals surface area contributed by atoms with Crippen LogP contribution in [0.4, 0.5) is 18.9 Å². The van der Waals surface area contributed by atoms with Gasteiger partial charge in [-0.1, -0.05) is 23.2 Å². The summed E-state index contributed by atoms with van der Waals surface area (Å²) in [6, 6.07) is 5.30. The van der Waals surface area contributed by atoms with Crippen molar-refractivity contribution in [2.24, 2.45) is 0 Å². The summed E-state index contributed by atoms with van der Waals surface area (Å²) >= 11 is 13.5. The maximum atomic E-state index is 12.6. The molecule has 112 valence electrons. The number of thiophene rings is 1. The van der Waals surface area contributed by atoms with Gasteiger partial charge in [0, 0.05) is 4.88 Å². The maximum Gasteiger partial charge on any atom is 0.416 e. The summed E-state index contributed by atoms with van der Waals surface area (Å²) in [5.74, 6) is 0. The normalized spacial score (nSPS) is 17.9. The number of nitrogens with one attached hydrogen (secondary N) is 1. The zero-order chi connectivity index (χ0) is 15.2. The van der Waals surface area contributed by atoms with Crippen molar-refractivity contribution in [3.8, 4) is 0 Å². The molecule has 1 N–H and O–H groups in total. The summed E-state index contributed by atoms with van der Waals surface area (Å²) in [5, 5.41) is 3.28. The monoisotopic (exact) mass is 351 g/mol. The summed E-state index contributed by atoms with van der Waals surface area (Å²) in [5.41, 5.74) is 0.870. The Bertz CT molecular complexity index is 681. The highest BCUT2D eigenvalue weighted by atomic mass is 35.5. The third kappa shape index (κ3) is 3.00. The van der Waals surface area contributed by atoms with Crippen LogP contribution in [0.15, 0.2) is 24.3 Å². The van der Waals surface area contributed by atoms with Crippen LogP contribution in [0.5, 0.6) is 0 Å². The molecule has 1 nitrogen and oxygen atoms in total. The van der Waals surface area contributed by atoms with Crippen molar-refractivity contribution in [1.29, 1.82) is 0 Å². The van der Waals surface area contributed by atoms with Crippen LogP contribution < -0.4 is 5.32 Å². The van der Waals surface area contributed by atoms with Gasteiger partial charge in [0.1, 0.15) is 0 Å². The second-order valence-corrected chi connectivity index (χ2v) is 7.03. The summed E-state index contributed by atoms with van der Waals surface area (Å²) in [6.45, 7) is 0. The quantitative estimate of drug-likeness (QED) is 0.681. The lowest BCUT2D eigenvalue weighted by Gasteiger charge is -2.17. The number of hydrogen-bond donors (Lipinski definition) is 1. The van der Waals surface area contributed by atoms with Crippen LogP contribution in [0.3, 0.4) is 0 Å². The molecule has 21 heavy (non-hydrogen) atoms. The average molecular weight is 352 g/mol. The zero-order valence-electron chi connectivity index (χ0n) is 10.6. The van der Waals surface area contributed by atoms with Crippen LogP contribution >= 0.6 is 34.5 Å². The number of alkyl halides is 3. The first kappa shape index (κ1) is 15.0. The molecular formula is C14H10Cl2F3NS. The lowest BCUT2D eigenvalue weighted by molar-refractivity contribution is -0.137. The van der Waals surface area contributed by atoms with Gasteiger partial charge < -0.3 is 5.32 Å². The van der Waals surface area contributed by atoms with E-state index in [-0.39, 0.29) is 11.1 Å². The molecule has 1 unspecified atom stereocenters. The molecule has 0 bridgehead atoms. The predicted octanol–water partition coefficient (Wildman–Crippen LogP) is 6.17. The Kier molecular flexibility index (Phi) is 3.84. The molecule has 3 rings (SSSR count). The van der Waals surface area contributed by atoms with Gasteiger partial charge in [-0.25, -0.2) is 0 Å². The van der Waals surface area contributed by atoms with Gasteiger partial charge in [-0.2, -0.15) is 13.2 Å². The van der Waals surface area contributed by atoms with Crippen molar-refractivity contribution in [1.82, 2.24) is 0 Å². The fourth-order valence-corrected chi connectivity index (χ4v) is 4.07. The molecule has 1 aliphatic rings. The highest BCUT2D eigenvalue weighted by Gasteiger charge is 2.31. The zero-order valence-corrected chi connectivity index (χ0v) is 12.9. The number of anilines is 1. The molecule has 0 aliphatic heterocycles. The summed E-state index contributed by atoms with van der Waals surface area (Å²) in [7, 11) is 0. The molecule has 0 spiro atoms. The molecule has 0 fully saturated rings. The van der Waals surface area contributed by atoms with Gasteiger partial charge in [-0.15, -0.1) is 11.3 Å². The number of halogens is 5. The van der Waals surface area contributed by atoms with E-state index in [1.54, 1.807) is 11.3 Å². The fraction of sp³-hybridized carbons (Fsp3) is 0.286. The van der Waals surface area contributed by atoms with Crippen LogP contribution in [0, 0.1) is 0 Å². The molecule has 7 heteroatoms. The molecule has 1 aromatic heterocycles. The lowest BCUT2D eigenvalue weighted by Crippen LogP contribution is -2.09. The minimum atomic E-state index is -4.39. The molecule has 2 aromatic rings. The second kappa shape index (κ2) is 5.38. The number of hydrogen-bond acceptors (Lipinski definition) is 2. The van der Waals surface area contributed by atoms with Crippen LogP contribution in [0.1, 0.15) is 28.5 Å². The Morgan fingerprint density at radius 3 is 2.62 bits per heavy atom. The van der Waals surface area contributed by atoms with Crippen molar-refractivity contribution in [2.75, 3.05) is 5.32 Å². The van der Waals surface area contributed by atoms with E-state index in [4.69, 9.17) is 23.2 Å². The first-order chi connectivity index (χ1) is 9.84. The van der Waals surface area contributed by atoms with E-state index < -0.39 is 11.7 Å².